The Bertz CT molecular complexity index is 1020. The highest BCUT2D eigenvalue weighted by atomic mass is 35.5. The van der Waals surface area contributed by atoms with Crippen LogP contribution in [-0.4, -0.2) is 53.8 Å². The van der Waals surface area contributed by atoms with Crippen LogP contribution in [0.25, 0.3) is 0 Å². The van der Waals surface area contributed by atoms with Gasteiger partial charge in [0.15, 0.2) is 0 Å². The van der Waals surface area contributed by atoms with Crippen LogP contribution in [-0.2, 0) is 19.1 Å². The fourth-order valence-electron chi connectivity index (χ4n) is 3.84. The van der Waals surface area contributed by atoms with Crippen molar-refractivity contribution in [3.05, 3.63) is 28.8 Å². The molecule has 0 spiro atoms. The largest absolute Gasteiger partial charge is 0.446 e. The Hall–Kier alpha value is -3.14. The van der Waals surface area contributed by atoms with Crippen LogP contribution in [0.4, 0.5) is 10.5 Å². The van der Waals surface area contributed by atoms with Crippen molar-refractivity contribution in [1.29, 1.82) is 0 Å². The van der Waals surface area contributed by atoms with E-state index in [4.69, 9.17) is 16.3 Å². The third-order valence-corrected chi connectivity index (χ3v) is 6.17. The summed E-state index contributed by atoms with van der Waals surface area (Å²) in [7, 11) is 0. The Labute approximate surface area is 201 Å². The molecule has 34 heavy (non-hydrogen) atoms. The number of hydrogen-bond donors (Lipinski definition) is 4. The lowest BCUT2D eigenvalue weighted by atomic mass is 9.93. The second kappa shape index (κ2) is 10.0. The van der Waals surface area contributed by atoms with Crippen molar-refractivity contribution in [3.8, 4) is 0 Å². The molecule has 3 aliphatic rings. The molecule has 10 nitrogen and oxygen atoms in total. The quantitative estimate of drug-likeness (QED) is 0.389. The summed E-state index contributed by atoms with van der Waals surface area (Å²) in [6, 6.07) is 2.97. The molecule has 0 radical (unpaired) electrons. The number of halogens is 1. The summed E-state index contributed by atoms with van der Waals surface area (Å²) in [4.78, 5) is 62.9. The molecule has 4 rings (SSSR count). The van der Waals surface area contributed by atoms with Crippen molar-refractivity contribution in [2.45, 2.75) is 69.7 Å². The van der Waals surface area contributed by atoms with E-state index in [0.29, 0.717) is 6.42 Å². The number of anilines is 1. The Morgan fingerprint density at radius 3 is 2.53 bits per heavy atom. The highest BCUT2D eigenvalue weighted by molar-refractivity contribution is 6.38. The summed E-state index contributed by atoms with van der Waals surface area (Å²) in [6.45, 7) is 1.84. The fraction of sp³-hybridized carbons (Fsp3) is 0.522. The smallest absolute Gasteiger partial charge is 0.411 e. The van der Waals surface area contributed by atoms with Gasteiger partial charge in [-0.15, -0.1) is 0 Å². The zero-order valence-corrected chi connectivity index (χ0v) is 19.4. The fourth-order valence-corrected chi connectivity index (χ4v) is 4.01. The van der Waals surface area contributed by atoms with Gasteiger partial charge in [-0.3, -0.25) is 24.5 Å². The summed E-state index contributed by atoms with van der Waals surface area (Å²) in [6.07, 6.45) is 2.82. The maximum absolute atomic E-state index is 13.2. The molecule has 1 aromatic carbocycles. The Morgan fingerprint density at radius 1 is 1.18 bits per heavy atom. The van der Waals surface area contributed by atoms with E-state index in [-0.39, 0.29) is 46.8 Å². The molecule has 2 saturated carbocycles. The maximum atomic E-state index is 13.2. The molecular weight excluding hydrogens is 464 g/mol. The number of hydrogen-bond acceptors (Lipinski definition) is 6. The molecule has 0 unspecified atom stereocenters. The van der Waals surface area contributed by atoms with Crippen LogP contribution in [0.15, 0.2) is 18.2 Å². The molecule has 0 aromatic heterocycles. The number of benzene rings is 1. The van der Waals surface area contributed by atoms with Gasteiger partial charge in [-0.05, 0) is 63.6 Å². The van der Waals surface area contributed by atoms with Crippen LogP contribution < -0.4 is 21.3 Å². The van der Waals surface area contributed by atoms with E-state index >= 15 is 0 Å². The number of carbonyl (C=O) groups is 5. The average Bonchev–Trinajstić information content (AvgIpc) is 3.70. The SMILES string of the molecule is C[C@@H]1C[C@@H](C[C@H](NC(=O)c2cc(Cl)ccc2NC(=O)OC2CC2)C(=O)C(=O)NC2CC2)C(=O)N1. The monoisotopic (exact) mass is 490 g/mol. The number of carbonyl (C=O) groups excluding carboxylic acids is 5. The van der Waals surface area contributed by atoms with Gasteiger partial charge in [0.2, 0.25) is 11.7 Å². The van der Waals surface area contributed by atoms with Crippen LogP contribution in [0.1, 0.15) is 55.8 Å². The minimum atomic E-state index is -1.22. The van der Waals surface area contributed by atoms with Crippen molar-refractivity contribution in [2.75, 3.05) is 5.32 Å². The third-order valence-electron chi connectivity index (χ3n) is 5.94. The van der Waals surface area contributed by atoms with Gasteiger partial charge in [0.25, 0.3) is 11.8 Å². The van der Waals surface area contributed by atoms with E-state index in [1.165, 1.54) is 18.2 Å². The Balaban J connectivity index is 1.51. The van der Waals surface area contributed by atoms with Crippen LogP contribution in [0.3, 0.4) is 0 Å². The number of amides is 4. The van der Waals surface area contributed by atoms with E-state index in [0.717, 1.165) is 25.7 Å². The van der Waals surface area contributed by atoms with Gasteiger partial charge in [0.1, 0.15) is 6.10 Å². The predicted molar refractivity (Wildman–Crippen MR) is 122 cm³/mol. The van der Waals surface area contributed by atoms with Crippen molar-refractivity contribution in [1.82, 2.24) is 16.0 Å². The van der Waals surface area contributed by atoms with Crippen molar-refractivity contribution in [2.24, 2.45) is 5.92 Å². The van der Waals surface area contributed by atoms with Crippen molar-refractivity contribution < 1.29 is 28.7 Å². The molecular formula is C23H27ClN4O6. The molecule has 3 atom stereocenters. The topological polar surface area (TPSA) is 143 Å². The van der Waals surface area contributed by atoms with Crippen LogP contribution >= 0.6 is 11.6 Å². The lowest BCUT2D eigenvalue weighted by Gasteiger charge is -2.21. The van der Waals surface area contributed by atoms with Gasteiger partial charge in [0.05, 0.1) is 17.3 Å². The zero-order valence-electron chi connectivity index (χ0n) is 18.7. The molecule has 4 amide bonds. The highest BCUT2D eigenvalue weighted by Gasteiger charge is 2.38. The minimum Gasteiger partial charge on any atom is -0.446 e. The summed E-state index contributed by atoms with van der Waals surface area (Å²) < 4.78 is 5.17. The van der Waals surface area contributed by atoms with Gasteiger partial charge in [-0.25, -0.2) is 4.79 Å². The molecule has 0 bridgehead atoms. The van der Waals surface area contributed by atoms with E-state index in [1.54, 1.807) is 0 Å². The van der Waals surface area contributed by atoms with E-state index < -0.39 is 35.7 Å². The maximum Gasteiger partial charge on any atom is 0.411 e. The first-order chi connectivity index (χ1) is 16.2. The number of nitrogens with one attached hydrogen (secondary N) is 4. The predicted octanol–water partition coefficient (Wildman–Crippen LogP) is 1.91. The number of Topliss-reactive ketones (excluding diaryl/α,β-unsaturated/α-hetero) is 1. The molecule has 1 heterocycles. The minimum absolute atomic E-state index is 0.00453. The van der Waals surface area contributed by atoms with Crippen LogP contribution in [0, 0.1) is 5.92 Å². The average molecular weight is 491 g/mol. The highest BCUT2D eigenvalue weighted by Crippen LogP contribution is 2.26. The van der Waals surface area contributed by atoms with Crippen molar-refractivity contribution in [3.63, 3.8) is 0 Å². The standard InChI is InChI=1S/C23H27ClN4O6/c1-11-8-12(20(30)25-11)9-18(19(29)22(32)26-14-3-4-14)27-21(31)16-10-13(24)2-7-17(16)28-23(33)34-15-5-6-15/h2,7,10-12,14-15,18H,3-6,8-9H2,1H3,(H,25,30)(H,26,32)(H,27,31)(H,28,33)/t11-,12+,18+/m1/s1. The van der Waals surface area contributed by atoms with Crippen LogP contribution in [0.5, 0.6) is 0 Å². The van der Waals surface area contributed by atoms with Crippen LogP contribution in [0.2, 0.25) is 5.02 Å². The lowest BCUT2D eigenvalue weighted by Crippen LogP contribution is -2.49. The Kier molecular flexibility index (Phi) is 7.06. The molecule has 1 saturated heterocycles. The van der Waals surface area contributed by atoms with Gasteiger partial charge >= 0.3 is 6.09 Å². The first-order valence-corrected chi connectivity index (χ1v) is 11.8. The molecule has 11 heteroatoms. The normalized spacial score (nSPS) is 22.4. The van der Waals surface area contributed by atoms with Gasteiger partial charge in [-0.2, -0.15) is 0 Å². The van der Waals surface area contributed by atoms with E-state index in [1.807, 2.05) is 6.92 Å². The molecule has 4 N–H and O–H groups in total. The van der Waals surface area contributed by atoms with Gasteiger partial charge < -0.3 is 20.7 Å². The second-order valence-corrected chi connectivity index (χ2v) is 9.57. The second-order valence-electron chi connectivity index (χ2n) is 9.14. The van der Waals surface area contributed by atoms with Gasteiger partial charge in [-0.1, -0.05) is 11.6 Å². The summed E-state index contributed by atoms with van der Waals surface area (Å²) >= 11 is 6.07. The van der Waals surface area contributed by atoms with E-state index in [2.05, 4.69) is 21.3 Å². The number of ketones is 1. The van der Waals surface area contributed by atoms with Crippen molar-refractivity contribution >= 4 is 46.9 Å². The molecule has 2 aliphatic carbocycles. The number of rotatable bonds is 9. The molecule has 1 aliphatic heterocycles. The van der Waals surface area contributed by atoms with Gasteiger partial charge in [0, 0.05) is 23.0 Å². The van der Waals surface area contributed by atoms with E-state index in [9.17, 15) is 24.0 Å². The first kappa shape index (κ1) is 24.0. The number of ether oxygens (including phenoxy) is 1. The molecule has 3 fully saturated rings. The lowest BCUT2D eigenvalue weighted by molar-refractivity contribution is -0.139. The zero-order chi connectivity index (χ0) is 24.4. The molecule has 1 aromatic rings. The summed E-state index contributed by atoms with van der Waals surface area (Å²) in [5.41, 5.74) is 0.151. The summed E-state index contributed by atoms with van der Waals surface area (Å²) in [5, 5.41) is 10.8. The molecule has 182 valence electrons. The first-order valence-electron chi connectivity index (χ1n) is 11.4. The summed E-state index contributed by atoms with van der Waals surface area (Å²) in [5.74, 6) is -3.08. The third kappa shape index (κ3) is 6.25. The Morgan fingerprint density at radius 2 is 1.91 bits per heavy atom.